The highest BCUT2D eigenvalue weighted by molar-refractivity contribution is 7.87. The van der Waals surface area contributed by atoms with Crippen LogP contribution in [-0.2, 0) is 10.2 Å². The van der Waals surface area contributed by atoms with Crippen LogP contribution in [0.4, 0.5) is 0 Å². The maximum absolute atomic E-state index is 11.5. The van der Waals surface area contributed by atoms with Crippen molar-refractivity contribution in [3.63, 3.8) is 0 Å². The Morgan fingerprint density at radius 1 is 1.43 bits per heavy atom. The first-order valence-corrected chi connectivity index (χ1v) is 6.71. The summed E-state index contributed by atoms with van der Waals surface area (Å²) in [4.78, 5) is 0. The summed E-state index contributed by atoms with van der Waals surface area (Å²) in [5.41, 5.74) is 0. The molecule has 0 aromatic rings. The Balaban J connectivity index is 2.09. The molecule has 0 spiro atoms. The van der Waals surface area contributed by atoms with Gasteiger partial charge in [-0.1, -0.05) is 13.8 Å². The molecular formula is C9H18N2O2S. The number of rotatable bonds is 1. The lowest BCUT2D eigenvalue weighted by Crippen LogP contribution is -2.42. The summed E-state index contributed by atoms with van der Waals surface area (Å²) >= 11 is 0. The van der Waals surface area contributed by atoms with Crippen LogP contribution < -0.4 is 4.72 Å². The van der Waals surface area contributed by atoms with E-state index in [2.05, 4.69) is 18.6 Å². The topological polar surface area (TPSA) is 49.4 Å². The zero-order valence-corrected chi connectivity index (χ0v) is 9.55. The Hall–Kier alpha value is -0.130. The average Bonchev–Trinajstić information content (AvgIpc) is 2.42. The molecule has 2 saturated heterocycles. The van der Waals surface area contributed by atoms with Crippen LogP contribution in [0.25, 0.3) is 0 Å². The highest BCUT2D eigenvalue weighted by Gasteiger charge is 2.41. The predicted molar refractivity (Wildman–Crippen MR) is 55.0 cm³/mol. The van der Waals surface area contributed by atoms with Crippen molar-refractivity contribution in [2.24, 2.45) is 11.8 Å². The Labute approximate surface area is 85.9 Å². The molecule has 2 atom stereocenters. The summed E-state index contributed by atoms with van der Waals surface area (Å²) in [5.74, 6) is 1.35. The van der Waals surface area contributed by atoms with Crippen LogP contribution in [0.5, 0.6) is 0 Å². The molecule has 82 valence electrons. The van der Waals surface area contributed by atoms with Crippen LogP contribution in [0.3, 0.4) is 0 Å². The van der Waals surface area contributed by atoms with Crippen LogP contribution in [0.2, 0.25) is 0 Å². The third-order valence-corrected chi connectivity index (χ3v) is 5.08. The van der Waals surface area contributed by atoms with E-state index in [-0.39, 0.29) is 6.04 Å². The van der Waals surface area contributed by atoms with Crippen molar-refractivity contribution >= 4 is 10.2 Å². The Bertz CT molecular complexity index is 313. The average molecular weight is 218 g/mol. The third kappa shape index (κ3) is 1.68. The molecule has 4 nitrogen and oxygen atoms in total. The van der Waals surface area contributed by atoms with Gasteiger partial charge in [-0.2, -0.15) is 12.7 Å². The summed E-state index contributed by atoms with van der Waals surface area (Å²) in [7, 11) is -3.11. The van der Waals surface area contributed by atoms with Gasteiger partial charge in [0.25, 0.3) is 10.2 Å². The van der Waals surface area contributed by atoms with Gasteiger partial charge in [-0.25, -0.2) is 4.72 Å². The number of piperidine rings is 1. The molecule has 0 aromatic carbocycles. The zero-order chi connectivity index (χ0) is 10.3. The minimum Gasteiger partial charge on any atom is -0.200 e. The molecule has 1 N–H and O–H groups in total. The molecular weight excluding hydrogens is 200 g/mol. The van der Waals surface area contributed by atoms with Crippen LogP contribution in [0, 0.1) is 11.8 Å². The van der Waals surface area contributed by atoms with Crippen LogP contribution >= 0.6 is 0 Å². The van der Waals surface area contributed by atoms with Crippen molar-refractivity contribution in [2.75, 3.05) is 13.1 Å². The van der Waals surface area contributed by atoms with Crippen molar-refractivity contribution in [2.45, 2.75) is 32.7 Å². The lowest BCUT2D eigenvalue weighted by atomic mass is 9.84. The fourth-order valence-electron chi connectivity index (χ4n) is 2.45. The molecule has 0 saturated carbocycles. The van der Waals surface area contributed by atoms with E-state index in [1.165, 1.54) is 0 Å². The molecule has 0 aromatic heterocycles. The highest BCUT2D eigenvalue weighted by Crippen LogP contribution is 2.31. The van der Waals surface area contributed by atoms with Crippen molar-refractivity contribution in [1.82, 2.24) is 9.03 Å². The molecule has 0 aliphatic carbocycles. The second-order valence-electron chi connectivity index (χ2n) is 4.65. The van der Waals surface area contributed by atoms with Crippen molar-refractivity contribution in [3.8, 4) is 0 Å². The molecule has 14 heavy (non-hydrogen) atoms. The largest absolute Gasteiger partial charge is 0.279 e. The number of nitrogens with zero attached hydrogens (tertiary/aromatic N) is 1. The van der Waals surface area contributed by atoms with Crippen molar-refractivity contribution < 1.29 is 8.42 Å². The van der Waals surface area contributed by atoms with Gasteiger partial charge in [0.2, 0.25) is 0 Å². The summed E-state index contributed by atoms with van der Waals surface area (Å²) < 4.78 is 27.2. The van der Waals surface area contributed by atoms with E-state index >= 15 is 0 Å². The van der Waals surface area contributed by atoms with Crippen LogP contribution in [-0.4, -0.2) is 31.9 Å². The first kappa shape index (κ1) is 10.4. The fraction of sp³-hybridized carbons (Fsp3) is 1.00. The first-order valence-electron chi connectivity index (χ1n) is 5.27. The van der Waals surface area contributed by atoms with Crippen LogP contribution in [0.1, 0.15) is 26.7 Å². The van der Waals surface area contributed by atoms with E-state index in [0.29, 0.717) is 24.9 Å². The molecule has 2 fully saturated rings. The maximum atomic E-state index is 11.5. The van der Waals surface area contributed by atoms with Gasteiger partial charge >= 0.3 is 0 Å². The Morgan fingerprint density at radius 2 is 2.14 bits per heavy atom. The van der Waals surface area contributed by atoms with Gasteiger partial charge in [0, 0.05) is 19.1 Å². The van der Waals surface area contributed by atoms with Crippen molar-refractivity contribution in [3.05, 3.63) is 0 Å². The summed E-state index contributed by atoms with van der Waals surface area (Å²) in [6.07, 6.45) is 2.03. The number of hydrogen-bond donors (Lipinski definition) is 1. The molecule has 0 radical (unpaired) electrons. The van der Waals surface area contributed by atoms with Gasteiger partial charge in [-0.05, 0) is 24.7 Å². The lowest BCUT2D eigenvalue weighted by Gasteiger charge is -2.34. The second-order valence-corrected chi connectivity index (χ2v) is 6.35. The molecule has 2 aliphatic heterocycles. The normalized spacial score (nSPS) is 37.4. The molecule has 0 bridgehead atoms. The van der Waals surface area contributed by atoms with Gasteiger partial charge in [0.05, 0.1) is 0 Å². The smallest absolute Gasteiger partial charge is 0.200 e. The maximum Gasteiger partial charge on any atom is 0.279 e. The standard InChI is InChI=1S/C9H18N2O2S/c1-7(2)8-3-4-11-9(5-8)6-10-14(11,12)13/h7-10H,3-6H2,1-2H3. The summed E-state index contributed by atoms with van der Waals surface area (Å²) in [6.45, 7) is 5.74. The lowest BCUT2D eigenvalue weighted by molar-refractivity contribution is 0.181. The van der Waals surface area contributed by atoms with E-state index < -0.39 is 10.2 Å². The zero-order valence-electron chi connectivity index (χ0n) is 8.73. The Kier molecular flexibility index (Phi) is 2.57. The number of hydrogen-bond acceptors (Lipinski definition) is 2. The molecule has 2 aliphatic rings. The quantitative estimate of drug-likeness (QED) is 0.699. The second kappa shape index (κ2) is 3.47. The fourth-order valence-corrected chi connectivity index (χ4v) is 3.92. The van der Waals surface area contributed by atoms with Gasteiger partial charge in [0.1, 0.15) is 0 Å². The van der Waals surface area contributed by atoms with E-state index in [1.807, 2.05) is 0 Å². The van der Waals surface area contributed by atoms with Gasteiger partial charge in [-0.3, -0.25) is 0 Å². The van der Waals surface area contributed by atoms with E-state index in [0.717, 1.165) is 12.8 Å². The molecule has 2 rings (SSSR count). The summed E-state index contributed by atoms with van der Waals surface area (Å²) in [5, 5.41) is 0. The minimum atomic E-state index is -3.11. The first-order chi connectivity index (χ1) is 6.50. The predicted octanol–water partition coefficient (Wildman–Crippen LogP) is 0.571. The number of nitrogens with one attached hydrogen (secondary N) is 1. The van der Waals surface area contributed by atoms with Gasteiger partial charge in [0.15, 0.2) is 0 Å². The van der Waals surface area contributed by atoms with E-state index in [4.69, 9.17) is 0 Å². The molecule has 0 amide bonds. The van der Waals surface area contributed by atoms with Gasteiger partial charge in [-0.15, -0.1) is 0 Å². The molecule has 2 unspecified atom stereocenters. The van der Waals surface area contributed by atoms with Crippen molar-refractivity contribution in [1.29, 1.82) is 0 Å². The summed E-state index contributed by atoms with van der Waals surface area (Å²) in [6, 6.07) is 0.209. The number of fused-ring (bicyclic) bond motifs is 1. The molecule has 5 heteroatoms. The van der Waals surface area contributed by atoms with Gasteiger partial charge < -0.3 is 0 Å². The minimum absolute atomic E-state index is 0.209. The Morgan fingerprint density at radius 3 is 2.79 bits per heavy atom. The van der Waals surface area contributed by atoms with E-state index in [1.54, 1.807) is 4.31 Å². The van der Waals surface area contributed by atoms with E-state index in [9.17, 15) is 8.42 Å². The highest BCUT2D eigenvalue weighted by atomic mass is 32.2. The SMILES string of the molecule is CC(C)C1CCN2C(CNS2(=O)=O)C1. The molecule has 2 heterocycles. The monoisotopic (exact) mass is 218 g/mol. The third-order valence-electron chi connectivity index (χ3n) is 3.46. The van der Waals surface area contributed by atoms with Crippen LogP contribution in [0.15, 0.2) is 0 Å².